The lowest BCUT2D eigenvalue weighted by atomic mass is 9.54. The van der Waals surface area contributed by atoms with Crippen LogP contribution in [0.1, 0.15) is 134 Å². The van der Waals surface area contributed by atoms with Crippen molar-refractivity contribution in [3.63, 3.8) is 0 Å². The first-order valence-electron chi connectivity index (χ1n) is 17.0. The van der Waals surface area contributed by atoms with Gasteiger partial charge in [-0.15, -0.1) is 0 Å². The van der Waals surface area contributed by atoms with Crippen molar-refractivity contribution in [2.45, 2.75) is 152 Å². The second kappa shape index (κ2) is 12.4. The summed E-state index contributed by atoms with van der Waals surface area (Å²) >= 11 is 0. The molecule has 1 N–H and O–H groups in total. The first-order chi connectivity index (χ1) is 20.0. The number of ether oxygens (including phenoxy) is 2. The highest BCUT2D eigenvalue weighted by atomic mass is 16.6. The molecule has 1 unspecified atom stereocenters. The number of nitrogens with zero attached hydrogens (tertiary/aromatic N) is 1. The molecular formula is C35H51NO5. The minimum Gasteiger partial charge on any atom is -0.477 e. The third-order valence-corrected chi connectivity index (χ3v) is 10.9. The molecule has 4 atom stereocenters. The van der Waals surface area contributed by atoms with Crippen LogP contribution in [0.2, 0.25) is 0 Å². The first kappa shape index (κ1) is 29.2. The lowest BCUT2D eigenvalue weighted by Crippen LogP contribution is -2.66. The molecule has 0 radical (unpaired) electrons. The van der Waals surface area contributed by atoms with Gasteiger partial charge in [0.2, 0.25) is 0 Å². The van der Waals surface area contributed by atoms with Gasteiger partial charge in [0.25, 0.3) is 0 Å². The average Bonchev–Trinajstić information content (AvgIpc) is 3.68. The summed E-state index contributed by atoms with van der Waals surface area (Å²) in [5.41, 5.74) is 0.360. The van der Waals surface area contributed by atoms with E-state index in [0.717, 1.165) is 36.9 Å². The largest absolute Gasteiger partial charge is 0.477 e. The molecule has 1 aromatic rings. The zero-order chi connectivity index (χ0) is 28.5. The van der Waals surface area contributed by atoms with Gasteiger partial charge in [0.15, 0.2) is 23.4 Å². The summed E-state index contributed by atoms with van der Waals surface area (Å²) in [5, 5.41) is 12.2. The van der Waals surface area contributed by atoms with Crippen LogP contribution in [0.4, 0.5) is 0 Å². The Balaban J connectivity index is 1.00. The highest BCUT2D eigenvalue weighted by Gasteiger charge is 2.76. The Hall–Kier alpha value is -1.92. The van der Waals surface area contributed by atoms with Crippen LogP contribution in [0, 0.1) is 5.92 Å². The fourth-order valence-corrected chi connectivity index (χ4v) is 8.55. The number of hydrogen-bond donors (Lipinski definition) is 1. The van der Waals surface area contributed by atoms with Gasteiger partial charge >= 0.3 is 5.97 Å². The van der Waals surface area contributed by atoms with Gasteiger partial charge in [-0.2, -0.15) is 0 Å². The lowest BCUT2D eigenvalue weighted by Gasteiger charge is -2.50. The van der Waals surface area contributed by atoms with Gasteiger partial charge in [0.05, 0.1) is 11.0 Å². The Morgan fingerprint density at radius 1 is 1.00 bits per heavy atom. The van der Waals surface area contributed by atoms with Crippen molar-refractivity contribution in [3.05, 3.63) is 23.3 Å². The maximum atomic E-state index is 13.2. The lowest BCUT2D eigenvalue weighted by molar-refractivity contribution is -0.147. The quantitative estimate of drug-likeness (QED) is 0.127. The van der Waals surface area contributed by atoms with E-state index in [1.54, 1.807) is 0 Å². The number of esters is 1. The van der Waals surface area contributed by atoms with Gasteiger partial charge in [-0.05, 0) is 49.7 Å². The standard InChI is InChI=1S/C35H51NO5/c1-2-3-4-5-6-7-8-9-10-11-12-13-14-15-30(38)40-28-19-18-26-22-29-35(39)21-20-27(37)33-34(35,31(26)32(28)41-33)24-36(29)23-25-16-17-25/h18-19,25,29,33,39H,2-17,20-24H2,1H3/t29-,33?,34+,35-/m1/s1. The first-order valence-corrected chi connectivity index (χ1v) is 17.0. The Morgan fingerprint density at radius 3 is 2.32 bits per heavy atom. The summed E-state index contributed by atoms with van der Waals surface area (Å²) in [6, 6.07) is 3.92. The summed E-state index contributed by atoms with van der Waals surface area (Å²) in [4.78, 5) is 28.5. The van der Waals surface area contributed by atoms with Crippen molar-refractivity contribution < 1.29 is 24.2 Å². The smallest absolute Gasteiger partial charge is 0.311 e. The highest BCUT2D eigenvalue weighted by Crippen LogP contribution is 2.65. The third-order valence-electron chi connectivity index (χ3n) is 10.9. The van der Waals surface area contributed by atoms with Crippen LogP contribution in [-0.2, 0) is 21.4 Å². The summed E-state index contributed by atoms with van der Waals surface area (Å²) in [6.07, 6.45) is 20.3. The fraction of sp³-hybridized carbons (Fsp3) is 0.771. The molecule has 3 fully saturated rings. The van der Waals surface area contributed by atoms with E-state index in [0.29, 0.717) is 43.2 Å². The molecule has 41 heavy (non-hydrogen) atoms. The Bertz CT molecular complexity index is 1110. The predicted molar refractivity (Wildman–Crippen MR) is 159 cm³/mol. The number of unbranched alkanes of at least 4 members (excludes halogenated alkanes) is 12. The van der Waals surface area contributed by atoms with Gasteiger partial charge in [-0.1, -0.05) is 90.0 Å². The summed E-state index contributed by atoms with van der Waals surface area (Å²) < 4.78 is 12.3. The van der Waals surface area contributed by atoms with Crippen LogP contribution < -0.4 is 9.47 Å². The van der Waals surface area contributed by atoms with Gasteiger partial charge in [-0.3, -0.25) is 14.5 Å². The molecule has 5 aliphatic rings. The molecule has 2 heterocycles. The molecule has 2 bridgehead atoms. The van der Waals surface area contributed by atoms with E-state index in [2.05, 4.69) is 11.8 Å². The van der Waals surface area contributed by atoms with Crippen molar-refractivity contribution in [3.8, 4) is 11.5 Å². The Morgan fingerprint density at radius 2 is 1.66 bits per heavy atom. The van der Waals surface area contributed by atoms with Gasteiger partial charge in [-0.25, -0.2) is 0 Å². The Kier molecular flexibility index (Phi) is 8.79. The number of likely N-dealkylation sites (tertiary alicyclic amines) is 1. The van der Waals surface area contributed by atoms with Crippen LogP contribution >= 0.6 is 0 Å². The molecule has 2 aliphatic heterocycles. The number of Topliss-reactive ketones (excluding diaryl/α,β-unsaturated/α-hetero) is 1. The number of benzene rings is 1. The summed E-state index contributed by atoms with van der Waals surface area (Å²) in [7, 11) is 0. The minimum atomic E-state index is -0.976. The van der Waals surface area contributed by atoms with Gasteiger partial charge in [0.1, 0.15) is 0 Å². The number of carbonyl (C=O) groups excluding carboxylic acids is 2. The second-order valence-corrected chi connectivity index (χ2v) is 13.8. The normalized spacial score (nSPS) is 29.5. The van der Waals surface area contributed by atoms with Crippen molar-refractivity contribution in [1.29, 1.82) is 0 Å². The molecule has 6 nitrogen and oxygen atoms in total. The van der Waals surface area contributed by atoms with Crippen molar-refractivity contribution in [2.75, 3.05) is 13.1 Å². The molecule has 1 saturated heterocycles. The van der Waals surface area contributed by atoms with E-state index in [9.17, 15) is 14.7 Å². The zero-order valence-corrected chi connectivity index (χ0v) is 25.3. The van der Waals surface area contributed by atoms with Crippen molar-refractivity contribution in [2.24, 2.45) is 5.92 Å². The summed E-state index contributed by atoms with van der Waals surface area (Å²) in [5.74, 6) is 1.48. The molecule has 6 rings (SSSR count). The molecule has 226 valence electrons. The topological polar surface area (TPSA) is 76.1 Å². The van der Waals surface area contributed by atoms with E-state index < -0.39 is 17.1 Å². The highest BCUT2D eigenvalue weighted by molar-refractivity contribution is 5.90. The van der Waals surface area contributed by atoms with Crippen LogP contribution in [0.25, 0.3) is 0 Å². The number of aliphatic hydroxyl groups is 1. The molecule has 1 aromatic carbocycles. The Labute approximate surface area is 246 Å². The van der Waals surface area contributed by atoms with E-state index in [4.69, 9.17) is 9.47 Å². The molecular weight excluding hydrogens is 514 g/mol. The molecule has 3 aliphatic carbocycles. The van der Waals surface area contributed by atoms with Gasteiger partial charge < -0.3 is 14.6 Å². The molecule has 0 aromatic heterocycles. The van der Waals surface area contributed by atoms with E-state index in [1.807, 2.05) is 12.1 Å². The number of carbonyl (C=O) groups is 2. The number of hydrogen-bond acceptors (Lipinski definition) is 6. The van der Waals surface area contributed by atoms with Crippen LogP contribution in [0.15, 0.2) is 12.1 Å². The van der Waals surface area contributed by atoms with Crippen molar-refractivity contribution >= 4 is 11.8 Å². The van der Waals surface area contributed by atoms with Crippen LogP contribution in [0.3, 0.4) is 0 Å². The second-order valence-electron chi connectivity index (χ2n) is 13.8. The average molecular weight is 566 g/mol. The van der Waals surface area contributed by atoms with Crippen LogP contribution in [-0.4, -0.2) is 52.6 Å². The molecule has 0 amide bonds. The maximum absolute atomic E-state index is 13.2. The van der Waals surface area contributed by atoms with E-state index in [1.165, 1.54) is 83.5 Å². The minimum absolute atomic E-state index is 0.0182. The fourth-order valence-electron chi connectivity index (χ4n) is 8.55. The van der Waals surface area contributed by atoms with Gasteiger partial charge in [0, 0.05) is 37.5 Å². The monoisotopic (exact) mass is 565 g/mol. The number of ketones is 1. The molecule has 2 saturated carbocycles. The van der Waals surface area contributed by atoms with Crippen LogP contribution in [0.5, 0.6) is 11.5 Å². The zero-order valence-electron chi connectivity index (χ0n) is 25.3. The van der Waals surface area contributed by atoms with Crippen molar-refractivity contribution in [1.82, 2.24) is 4.90 Å². The van der Waals surface area contributed by atoms with E-state index >= 15 is 0 Å². The molecule has 1 spiro atoms. The summed E-state index contributed by atoms with van der Waals surface area (Å²) in [6.45, 7) is 3.90. The van der Waals surface area contributed by atoms with E-state index in [-0.39, 0.29) is 17.8 Å². The SMILES string of the molecule is CCCCCCCCCCCCCCCC(=O)Oc1ccc2c3c1OC1C(=O)CC[C@@]4(O)[C@@H](C2)N(CC2CC2)C[C@]314. The maximum Gasteiger partial charge on any atom is 0.311 e. The third kappa shape index (κ3) is 5.48. The number of rotatable bonds is 17. The molecule has 6 heteroatoms. The predicted octanol–water partition coefficient (Wildman–Crippen LogP) is 6.82.